The van der Waals surface area contributed by atoms with Gasteiger partial charge in [0.05, 0.1) is 25.2 Å². The number of aliphatic hydroxyl groups excluding tert-OH is 3. The van der Waals surface area contributed by atoms with Crippen molar-refractivity contribution >= 4 is 5.78 Å². The monoisotopic (exact) mass is 416 g/mol. The molecule has 0 amide bonds. The van der Waals surface area contributed by atoms with Crippen molar-refractivity contribution in [2.45, 2.75) is 50.2 Å². The number of methoxy groups -OCH3 is 1. The number of ketones is 1. The summed E-state index contributed by atoms with van der Waals surface area (Å²) in [6.45, 7) is 1.57. The van der Waals surface area contributed by atoms with Crippen LogP contribution in [0, 0.1) is 0 Å². The molecule has 1 saturated heterocycles. The number of benzene rings is 2. The minimum Gasteiger partial charge on any atom is -0.497 e. The molecule has 0 bridgehead atoms. The fourth-order valence-corrected chi connectivity index (χ4v) is 3.63. The zero-order chi connectivity index (χ0) is 21.4. The third-order valence-electron chi connectivity index (χ3n) is 5.44. The number of hydrogen-bond donors (Lipinski definition) is 3. The van der Waals surface area contributed by atoms with Crippen molar-refractivity contribution < 1.29 is 39.1 Å². The van der Waals surface area contributed by atoms with Crippen molar-refractivity contribution in [3.63, 3.8) is 0 Å². The van der Waals surface area contributed by atoms with Gasteiger partial charge in [-0.1, -0.05) is 12.1 Å². The first-order chi connectivity index (χ1) is 14.4. The number of carbonyl (C=O) groups excluding carboxylic acids is 1. The molecule has 8 heteroatoms. The number of Topliss-reactive ketones (excluding diaryl/α,β-unsaturated/α-hetero) is 1. The van der Waals surface area contributed by atoms with Gasteiger partial charge in [0.25, 0.3) is 0 Å². The molecule has 2 aliphatic rings. The molecule has 6 unspecified atom stereocenters. The molecule has 1 fully saturated rings. The van der Waals surface area contributed by atoms with Gasteiger partial charge in [-0.15, -0.1) is 0 Å². The van der Waals surface area contributed by atoms with E-state index in [0.29, 0.717) is 22.8 Å². The molecule has 160 valence electrons. The lowest BCUT2D eigenvalue weighted by atomic mass is 9.96. The van der Waals surface area contributed by atoms with E-state index in [1.54, 1.807) is 44.4 Å². The van der Waals surface area contributed by atoms with E-state index in [1.807, 2.05) is 12.1 Å². The number of aliphatic hydroxyl groups is 3. The van der Waals surface area contributed by atoms with Crippen LogP contribution in [0.3, 0.4) is 0 Å². The second kappa shape index (κ2) is 8.23. The van der Waals surface area contributed by atoms with E-state index in [4.69, 9.17) is 18.9 Å². The van der Waals surface area contributed by atoms with Crippen LogP contribution < -0.4 is 14.2 Å². The molecule has 6 atom stereocenters. The van der Waals surface area contributed by atoms with Gasteiger partial charge in [-0.05, 0) is 36.8 Å². The van der Waals surface area contributed by atoms with Crippen molar-refractivity contribution in [1.82, 2.24) is 0 Å². The maximum absolute atomic E-state index is 12.6. The van der Waals surface area contributed by atoms with Gasteiger partial charge in [-0.25, -0.2) is 0 Å². The van der Waals surface area contributed by atoms with Crippen molar-refractivity contribution in [3.05, 3.63) is 53.6 Å². The first-order valence-corrected chi connectivity index (χ1v) is 9.71. The number of hydrogen-bond acceptors (Lipinski definition) is 8. The van der Waals surface area contributed by atoms with Crippen LogP contribution in [0.1, 0.15) is 35.4 Å². The highest BCUT2D eigenvalue weighted by molar-refractivity contribution is 6.00. The van der Waals surface area contributed by atoms with E-state index in [0.717, 1.165) is 5.56 Å². The standard InChI is InChI=1S/C22H24O8/c1-11-19(24)20(25)21(26)22(28-11)29-14-7-8-15-16(23)10-17(30-18(15)9-14)12-3-5-13(27-2)6-4-12/h3-9,11,17,19-22,24-26H,10H2,1-2H3. The number of ether oxygens (including phenoxy) is 4. The van der Waals surface area contributed by atoms with Gasteiger partial charge in [0.2, 0.25) is 6.29 Å². The fraction of sp³-hybridized carbons (Fsp3) is 0.409. The molecule has 8 nitrogen and oxygen atoms in total. The van der Waals surface area contributed by atoms with Crippen LogP contribution in [-0.2, 0) is 4.74 Å². The SMILES string of the molecule is COc1ccc(C2CC(=O)c3ccc(OC4OC(C)C(O)C(O)C4O)cc3O2)cc1. The lowest BCUT2D eigenvalue weighted by Gasteiger charge is -2.39. The Hall–Kier alpha value is -2.65. The van der Waals surface area contributed by atoms with Gasteiger partial charge in [-0.2, -0.15) is 0 Å². The van der Waals surface area contributed by atoms with Crippen LogP contribution in [-0.4, -0.2) is 58.9 Å². The fourth-order valence-electron chi connectivity index (χ4n) is 3.63. The molecule has 30 heavy (non-hydrogen) atoms. The quantitative estimate of drug-likeness (QED) is 0.689. The van der Waals surface area contributed by atoms with Crippen LogP contribution in [0.5, 0.6) is 17.2 Å². The van der Waals surface area contributed by atoms with Gasteiger partial charge in [0.15, 0.2) is 5.78 Å². The Bertz CT molecular complexity index is 912. The molecule has 2 aliphatic heterocycles. The Morgan fingerprint density at radius 3 is 2.37 bits per heavy atom. The summed E-state index contributed by atoms with van der Waals surface area (Å²) in [6.07, 6.45) is -6.16. The van der Waals surface area contributed by atoms with Crippen molar-refractivity contribution in [3.8, 4) is 17.2 Å². The number of rotatable bonds is 4. The minimum atomic E-state index is -1.43. The van der Waals surface area contributed by atoms with Crippen molar-refractivity contribution in [2.24, 2.45) is 0 Å². The van der Waals surface area contributed by atoms with Crippen LogP contribution in [0.2, 0.25) is 0 Å². The highest BCUT2D eigenvalue weighted by atomic mass is 16.7. The van der Waals surface area contributed by atoms with Gasteiger partial charge >= 0.3 is 0 Å². The first-order valence-electron chi connectivity index (χ1n) is 9.71. The summed E-state index contributed by atoms with van der Waals surface area (Å²) in [6, 6.07) is 12.0. The number of carbonyl (C=O) groups is 1. The van der Waals surface area contributed by atoms with E-state index in [1.165, 1.54) is 0 Å². The molecule has 3 N–H and O–H groups in total. The van der Waals surface area contributed by atoms with Gasteiger partial charge in [0.1, 0.15) is 41.7 Å². The van der Waals surface area contributed by atoms with E-state index >= 15 is 0 Å². The maximum Gasteiger partial charge on any atom is 0.229 e. The molecule has 0 saturated carbocycles. The van der Waals surface area contributed by atoms with Crippen molar-refractivity contribution in [1.29, 1.82) is 0 Å². The summed E-state index contributed by atoms with van der Waals surface area (Å²) >= 11 is 0. The molecule has 4 rings (SSSR count). The van der Waals surface area contributed by atoms with E-state index in [9.17, 15) is 20.1 Å². The summed E-state index contributed by atoms with van der Waals surface area (Å²) < 4.78 is 22.3. The summed E-state index contributed by atoms with van der Waals surface area (Å²) in [7, 11) is 1.58. The summed E-state index contributed by atoms with van der Waals surface area (Å²) in [4.78, 5) is 12.6. The summed E-state index contributed by atoms with van der Waals surface area (Å²) in [5.74, 6) is 1.33. The van der Waals surface area contributed by atoms with Crippen LogP contribution in [0.25, 0.3) is 0 Å². The maximum atomic E-state index is 12.6. The lowest BCUT2D eigenvalue weighted by molar-refractivity contribution is -0.268. The Kier molecular flexibility index (Phi) is 5.66. The predicted molar refractivity (Wildman–Crippen MR) is 105 cm³/mol. The zero-order valence-electron chi connectivity index (χ0n) is 16.6. The van der Waals surface area contributed by atoms with E-state index < -0.39 is 36.8 Å². The Balaban J connectivity index is 1.53. The summed E-state index contributed by atoms with van der Waals surface area (Å²) in [5, 5.41) is 29.9. The molecule has 0 aromatic heterocycles. The molecule has 2 aromatic carbocycles. The largest absolute Gasteiger partial charge is 0.497 e. The summed E-state index contributed by atoms with van der Waals surface area (Å²) in [5.41, 5.74) is 1.29. The second-order valence-corrected chi connectivity index (χ2v) is 7.46. The van der Waals surface area contributed by atoms with E-state index in [-0.39, 0.29) is 12.2 Å². The molecule has 2 aromatic rings. The highest BCUT2D eigenvalue weighted by Crippen LogP contribution is 2.38. The average Bonchev–Trinajstić information content (AvgIpc) is 2.75. The van der Waals surface area contributed by atoms with Crippen LogP contribution >= 0.6 is 0 Å². The first kappa shape index (κ1) is 20.6. The van der Waals surface area contributed by atoms with Crippen molar-refractivity contribution in [2.75, 3.05) is 7.11 Å². The van der Waals surface area contributed by atoms with Crippen LogP contribution in [0.4, 0.5) is 0 Å². The Labute approximate surface area is 173 Å². The lowest BCUT2D eigenvalue weighted by Crippen LogP contribution is -2.58. The molecule has 2 heterocycles. The smallest absolute Gasteiger partial charge is 0.229 e. The van der Waals surface area contributed by atoms with Gasteiger partial charge in [-0.3, -0.25) is 4.79 Å². The van der Waals surface area contributed by atoms with E-state index in [2.05, 4.69) is 0 Å². The Morgan fingerprint density at radius 2 is 1.67 bits per heavy atom. The highest BCUT2D eigenvalue weighted by Gasteiger charge is 2.43. The molecule has 0 aliphatic carbocycles. The minimum absolute atomic E-state index is 0.0512. The average molecular weight is 416 g/mol. The van der Waals surface area contributed by atoms with Gasteiger partial charge in [0, 0.05) is 6.07 Å². The third-order valence-corrected chi connectivity index (χ3v) is 5.44. The normalized spacial score (nSPS) is 30.9. The molecular weight excluding hydrogens is 392 g/mol. The topological polar surface area (TPSA) is 115 Å². The van der Waals surface area contributed by atoms with Crippen LogP contribution in [0.15, 0.2) is 42.5 Å². The second-order valence-electron chi connectivity index (χ2n) is 7.46. The molecule has 0 spiro atoms. The molecule has 0 radical (unpaired) electrons. The predicted octanol–water partition coefficient (Wildman–Crippen LogP) is 1.61. The third kappa shape index (κ3) is 3.87. The zero-order valence-corrected chi connectivity index (χ0v) is 16.6. The number of fused-ring (bicyclic) bond motifs is 1. The Morgan fingerprint density at radius 1 is 0.967 bits per heavy atom. The van der Waals surface area contributed by atoms with Gasteiger partial charge < -0.3 is 34.3 Å². The molecular formula is C22H24O8.